The van der Waals surface area contributed by atoms with Crippen molar-refractivity contribution in [1.82, 2.24) is 0 Å². The maximum atomic E-state index is 11.4. The summed E-state index contributed by atoms with van der Waals surface area (Å²) < 4.78 is 4.72. The molecule has 0 aromatic carbocycles. The van der Waals surface area contributed by atoms with Gasteiger partial charge >= 0.3 is 12.1 Å². The van der Waals surface area contributed by atoms with Crippen LogP contribution in [0.3, 0.4) is 0 Å². The van der Waals surface area contributed by atoms with E-state index in [1.165, 1.54) is 7.11 Å². The van der Waals surface area contributed by atoms with Gasteiger partial charge in [0, 0.05) is 0 Å². The summed E-state index contributed by atoms with van der Waals surface area (Å²) in [4.78, 5) is 27.6. The van der Waals surface area contributed by atoms with Gasteiger partial charge in [-0.05, 0) is 30.6 Å². The molecule has 84 valence electrons. The Hall–Kier alpha value is -1.19. The lowest BCUT2D eigenvalue weighted by molar-refractivity contribution is -0.191. The number of rotatable bonds is 1. The molecule has 0 spiro atoms. The molecule has 0 radical (unpaired) electrons. The van der Waals surface area contributed by atoms with Crippen molar-refractivity contribution in [3.63, 3.8) is 0 Å². The van der Waals surface area contributed by atoms with Gasteiger partial charge in [-0.25, -0.2) is 0 Å². The van der Waals surface area contributed by atoms with Crippen molar-refractivity contribution in [3.05, 3.63) is 0 Å². The predicted octanol–water partition coefficient (Wildman–Crippen LogP) is -0.0507. The second-order valence-electron chi connectivity index (χ2n) is 4.28. The highest BCUT2D eigenvalue weighted by molar-refractivity contribution is 5.82. The number of esters is 1. The first-order chi connectivity index (χ1) is 7.01. The first-order valence-corrected chi connectivity index (χ1v) is 4.87. The smallest absolute Gasteiger partial charge is 0.373 e. The molecule has 0 saturated heterocycles. The van der Waals surface area contributed by atoms with Crippen molar-refractivity contribution in [1.29, 1.82) is 0 Å². The zero-order valence-corrected chi connectivity index (χ0v) is 8.86. The van der Waals surface area contributed by atoms with Crippen LogP contribution in [0.15, 0.2) is 0 Å². The van der Waals surface area contributed by atoms with E-state index >= 15 is 0 Å². The van der Waals surface area contributed by atoms with Crippen LogP contribution in [-0.2, 0) is 19.1 Å². The fourth-order valence-corrected chi connectivity index (χ4v) is 2.85. The van der Waals surface area contributed by atoms with Crippen LogP contribution >= 0.6 is 0 Å². The molecular weight excluding hydrogens is 198 g/mol. The molecule has 4 unspecified atom stereocenters. The van der Waals surface area contributed by atoms with Gasteiger partial charge in [0.2, 0.25) is 0 Å². The number of fused-ring (bicyclic) bond motifs is 1. The van der Waals surface area contributed by atoms with E-state index < -0.39 is 5.54 Å². The van der Waals surface area contributed by atoms with Gasteiger partial charge in [-0.15, -0.1) is 0 Å². The van der Waals surface area contributed by atoms with Crippen LogP contribution < -0.4 is 5.73 Å². The predicted molar refractivity (Wildman–Crippen MR) is 49.3 cm³/mol. The number of hydrogen-bond donors (Lipinski definition) is 1. The summed E-state index contributed by atoms with van der Waals surface area (Å²) in [6, 6.07) is 0. The highest BCUT2D eigenvalue weighted by atomic mass is 16.5. The molecule has 15 heavy (non-hydrogen) atoms. The Morgan fingerprint density at radius 2 is 2.07 bits per heavy atom. The van der Waals surface area contributed by atoms with E-state index in [1.54, 1.807) is 0 Å². The monoisotopic (exact) mass is 213 g/mol. The molecule has 0 aliphatic heterocycles. The molecule has 3 fully saturated rings. The zero-order chi connectivity index (χ0) is 11.6. The zero-order valence-electron chi connectivity index (χ0n) is 8.86. The number of carbonyl (C=O) groups excluding carboxylic acids is 3. The summed E-state index contributed by atoms with van der Waals surface area (Å²) in [7, 11) is 1.41. The fourth-order valence-electron chi connectivity index (χ4n) is 2.85. The number of carbonyl (C=O) groups is 1. The lowest BCUT2D eigenvalue weighted by Gasteiger charge is -2.36. The molecule has 2 bridgehead atoms. The van der Waals surface area contributed by atoms with E-state index in [9.17, 15) is 4.79 Å². The minimum absolute atomic E-state index is 0.223. The number of nitrogens with two attached hydrogens (primary N) is 1. The molecular formula is C10H15NO4. The number of ether oxygens (including phenoxy) is 1. The summed E-state index contributed by atoms with van der Waals surface area (Å²) in [5.74, 6) is 1.43. The van der Waals surface area contributed by atoms with Crippen molar-refractivity contribution >= 4 is 12.1 Å². The lowest BCUT2D eigenvalue weighted by atomic mass is 9.71. The highest BCUT2D eigenvalue weighted by Crippen LogP contribution is 2.57. The molecule has 0 aromatic rings. The van der Waals surface area contributed by atoms with E-state index in [1.807, 2.05) is 0 Å². The van der Waals surface area contributed by atoms with Crippen LogP contribution in [0.2, 0.25) is 0 Å². The minimum atomic E-state index is -0.654. The molecule has 2 N–H and O–H groups in total. The Balaban J connectivity index is 0.000000337. The van der Waals surface area contributed by atoms with Crippen LogP contribution in [0.1, 0.15) is 19.8 Å². The SMILES string of the molecule is COC(=O)C1(N)CC2CC1C2C.O=C=O. The van der Waals surface area contributed by atoms with Crippen LogP contribution in [0, 0.1) is 17.8 Å². The van der Waals surface area contributed by atoms with Crippen LogP contribution in [0.25, 0.3) is 0 Å². The van der Waals surface area contributed by atoms with E-state index in [2.05, 4.69) is 6.92 Å². The van der Waals surface area contributed by atoms with Crippen molar-refractivity contribution in [2.45, 2.75) is 25.3 Å². The Kier molecular flexibility index (Phi) is 3.27. The van der Waals surface area contributed by atoms with Gasteiger partial charge in [0.25, 0.3) is 0 Å². The number of methoxy groups -OCH3 is 1. The van der Waals surface area contributed by atoms with E-state index in [-0.39, 0.29) is 12.1 Å². The maximum Gasteiger partial charge on any atom is 0.373 e. The standard InChI is InChI=1S/C9H15NO2.CO2/c1-5-6-3-7(5)9(10,4-6)8(11)12-2;2-1-3/h5-7H,3-4,10H2,1-2H3;. The largest absolute Gasteiger partial charge is 0.468 e. The fraction of sp³-hybridized carbons (Fsp3) is 0.800. The number of hydrogen-bond acceptors (Lipinski definition) is 5. The van der Waals surface area contributed by atoms with Crippen molar-refractivity contribution < 1.29 is 19.1 Å². The molecule has 3 aliphatic carbocycles. The van der Waals surface area contributed by atoms with Gasteiger partial charge in [0.1, 0.15) is 5.54 Å². The van der Waals surface area contributed by atoms with Crippen molar-refractivity contribution in [2.75, 3.05) is 7.11 Å². The van der Waals surface area contributed by atoms with Crippen molar-refractivity contribution in [2.24, 2.45) is 23.5 Å². The molecule has 0 amide bonds. The summed E-state index contributed by atoms with van der Waals surface area (Å²) >= 11 is 0. The summed E-state index contributed by atoms with van der Waals surface area (Å²) in [5.41, 5.74) is 5.36. The highest BCUT2D eigenvalue weighted by Gasteiger charge is 2.62. The summed E-state index contributed by atoms with van der Waals surface area (Å²) in [6.07, 6.45) is 2.19. The van der Waals surface area contributed by atoms with E-state index in [0.29, 0.717) is 17.8 Å². The van der Waals surface area contributed by atoms with Gasteiger partial charge < -0.3 is 10.5 Å². The topological polar surface area (TPSA) is 86.5 Å². The van der Waals surface area contributed by atoms with Crippen LogP contribution in [0.5, 0.6) is 0 Å². The second kappa shape index (κ2) is 4.13. The molecule has 3 saturated carbocycles. The van der Waals surface area contributed by atoms with Gasteiger partial charge in [-0.2, -0.15) is 9.59 Å². The first kappa shape index (κ1) is 11.9. The average Bonchev–Trinajstić information content (AvgIpc) is 2.69. The third-order valence-corrected chi connectivity index (χ3v) is 3.76. The maximum absolute atomic E-state index is 11.4. The Bertz CT molecular complexity index is 298. The minimum Gasteiger partial charge on any atom is -0.468 e. The first-order valence-electron chi connectivity index (χ1n) is 4.87. The molecule has 3 rings (SSSR count). The van der Waals surface area contributed by atoms with Gasteiger partial charge in [0.15, 0.2) is 0 Å². The Morgan fingerprint density at radius 3 is 2.33 bits per heavy atom. The van der Waals surface area contributed by atoms with Gasteiger partial charge in [-0.3, -0.25) is 4.79 Å². The molecule has 5 nitrogen and oxygen atoms in total. The van der Waals surface area contributed by atoms with Crippen molar-refractivity contribution in [3.8, 4) is 0 Å². The molecule has 0 heterocycles. The summed E-state index contributed by atoms with van der Waals surface area (Å²) in [5, 5.41) is 0. The van der Waals surface area contributed by atoms with Gasteiger partial charge in [0.05, 0.1) is 7.11 Å². The quantitative estimate of drug-likeness (QED) is 0.617. The molecule has 5 heteroatoms. The molecule has 0 aromatic heterocycles. The van der Waals surface area contributed by atoms with E-state index in [0.717, 1.165) is 12.8 Å². The van der Waals surface area contributed by atoms with Crippen LogP contribution in [-0.4, -0.2) is 24.8 Å². The average molecular weight is 213 g/mol. The van der Waals surface area contributed by atoms with Crippen LogP contribution in [0.4, 0.5) is 0 Å². The third kappa shape index (κ3) is 1.68. The second-order valence-corrected chi connectivity index (χ2v) is 4.28. The molecule has 3 aliphatic rings. The summed E-state index contributed by atoms with van der Waals surface area (Å²) in [6.45, 7) is 2.18. The van der Waals surface area contributed by atoms with E-state index in [4.69, 9.17) is 20.1 Å². The Morgan fingerprint density at radius 1 is 1.53 bits per heavy atom. The Labute approximate surface area is 88.0 Å². The normalized spacial score (nSPS) is 40.6. The lowest BCUT2D eigenvalue weighted by Crippen LogP contribution is -2.52. The third-order valence-electron chi connectivity index (χ3n) is 3.76. The molecule has 4 atom stereocenters. The van der Waals surface area contributed by atoms with Gasteiger partial charge in [-0.1, -0.05) is 6.92 Å².